The summed E-state index contributed by atoms with van der Waals surface area (Å²) in [4.78, 5) is 0. The van der Waals surface area contributed by atoms with E-state index in [0.717, 1.165) is 34.1 Å². The van der Waals surface area contributed by atoms with Crippen LogP contribution in [0.5, 0.6) is 0 Å². The van der Waals surface area contributed by atoms with E-state index >= 15 is 0 Å². The van der Waals surface area contributed by atoms with Crippen molar-refractivity contribution in [3.63, 3.8) is 0 Å². The molecule has 1 aliphatic heterocycles. The van der Waals surface area contributed by atoms with Crippen molar-refractivity contribution in [1.82, 2.24) is 15.0 Å². The molecule has 2 fully saturated rings. The number of benzene rings is 2. The van der Waals surface area contributed by atoms with Gasteiger partial charge in [-0.2, -0.15) is 0 Å². The highest BCUT2D eigenvalue weighted by Crippen LogP contribution is 2.53. The van der Waals surface area contributed by atoms with Gasteiger partial charge in [-0.25, -0.2) is 26.6 Å². The van der Waals surface area contributed by atoms with Gasteiger partial charge in [0.05, 0.1) is 23.7 Å². The normalized spacial score (nSPS) is 27.4. The van der Waals surface area contributed by atoms with E-state index < -0.39 is 83.5 Å². The van der Waals surface area contributed by atoms with Crippen LogP contribution in [0.3, 0.4) is 0 Å². The number of halogens is 5. The third kappa shape index (κ3) is 6.38. The summed E-state index contributed by atoms with van der Waals surface area (Å²) in [6, 6.07) is 7.45. The molecule has 44 heavy (non-hydrogen) atoms. The van der Waals surface area contributed by atoms with Gasteiger partial charge in [0.2, 0.25) is 5.92 Å². The van der Waals surface area contributed by atoms with E-state index in [-0.39, 0.29) is 30.0 Å². The molecule has 5 rings (SSSR count). The van der Waals surface area contributed by atoms with E-state index in [1.165, 1.54) is 6.20 Å². The Hall–Kier alpha value is -2.62. The lowest BCUT2D eigenvalue weighted by molar-refractivity contribution is -0.179. The molecule has 240 valence electrons. The molecule has 8 nitrogen and oxygen atoms in total. The molecule has 2 aromatic carbocycles. The molecule has 0 amide bonds. The van der Waals surface area contributed by atoms with Gasteiger partial charge in [-0.15, -0.1) is 16.9 Å². The van der Waals surface area contributed by atoms with Crippen LogP contribution >= 0.6 is 11.8 Å². The van der Waals surface area contributed by atoms with Crippen LogP contribution < -0.4 is 0 Å². The maximum absolute atomic E-state index is 14.2. The average molecular weight is 644 g/mol. The second-order valence-electron chi connectivity index (χ2n) is 11.8. The fraction of sp³-hybridized carbons (Fsp3) is 0.533. The molecule has 4 N–H and O–H groups in total. The van der Waals surface area contributed by atoms with E-state index in [0.29, 0.717) is 5.56 Å². The molecule has 1 unspecified atom stereocenters. The molecular formula is C30H34F5N3O5S. The molecule has 2 aliphatic rings. The molecule has 0 bridgehead atoms. The Morgan fingerprint density at radius 2 is 1.61 bits per heavy atom. The monoisotopic (exact) mass is 643 g/mol. The number of hydrogen-bond acceptors (Lipinski definition) is 8. The Morgan fingerprint density at radius 1 is 1.00 bits per heavy atom. The van der Waals surface area contributed by atoms with Gasteiger partial charge in [0.1, 0.15) is 35.5 Å². The van der Waals surface area contributed by atoms with Crippen LogP contribution in [0.25, 0.3) is 11.3 Å². The van der Waals surface area contributed by atoms with Crippen molar-refractivity contribution < 1.29 is 47.1 Å². The molecule has 1 saturated heterocycles. The minimum atomic E-state index is -2.92. The fourth-order valence-electron chi connectivity index (χ4n) is 5.96. The number of thioether (sulfide) groups is 1. The minimum absolute atomic E-state index is 0.00888. The lowest BCUT2D eigenvalue weighted by Gasteiger charge is -2.46. The van der Waals surface area contributed by atoms with Crippen molar-refractivity contribution in [2.24, 2.45) is 0 Å². The van der Waals surface area contributed by atoms with Crippen molar-refractivity contribution in [3.8, 4) is 11.3 Å². The fourth-order valence-corrected chi connectivity index (χ4v) is 7.61. The average Bonchev–Trinajstić information content (AvgIpc) is 3.47. The summed E-state index contributed by atoms with van der Waals surface area (Å²) < 4.78 is 76.6. The highest BCUT2D eigenvalue weighted by molar-refractivity contribution is 8.00. The lowest BCUT2D eigenvalue weighted by Crippen LogP contribution is -2.55. The van der Waals surface area contributed by atoms with Crippen LogP contribution in [0.2, 0.25) is 0 Å². The highest BCUT2D eigenvalue weighted by atomic mass is 32.2. The number of aliphatic hydroxyl groups excluding tert-OH is 3. The predicted octanol–water partition coefficient (Wildman–Crippen LogP) is 4.88. The van der Waals surface area contributed by atoms with Crippen LogP contribution in [0.15, 0.2) is 42.6 Å². The van der Waals surface area contributed by atoms with Gasteiger partial charge in [-0.05, 0) is 42.0 Å². The minimum Gasteiger partial charge on any atom is -0.394 e. The SMILES string of the molecule is CC(C)c1ccccc1C(S[C@@H]1O[C@H](CO)[C@H](O)[C@H](n2cc(-c3cc(F)c(F)c(F)c3)nn2)[C@H]1O)C1(O)CCC(F)(F)CC1. The summed E-state index contributed by atoms with van der Waals surface area (Å²) in [5.74, 6) is -7.45. The summed E-state index contributed by atoms with van der Waals surface area (Å²) in [6.07, 6.45) is -4.57. The summed E-state index contributed by atoms with van der Waals surface area (Å²) >= 11 is 1.00. The first-order valence-corrected chi connectivity index (χ1v) is 15.2. The number of hydrogen-bond donors (Lipinski definition) is 4. The van der Waals surface area contributed by atoms with Gasteiger partial charge in [0, 0.05) is 18.4 Å². The van der Waals surface area contributed by atoms with E-state index in [9.17, 15) is 42.4 Å². The standard InChI is InChI=1S/C30H34F5N3O5S/c1-15(2)17-5-3-4-6-18(17)27(29(42)7-9-30(34,35)10-8-29)44-28-26(41)24(25(40)22(14-39)43-28)38-13-21(36-37-38)16-11-19(31)23(33)20(32)12-16/h3-6,11-13,15,22,24-28,39-42H,7-10,14H2,1-2H3/t22-,24+,25+,26-,27?,28+/m1/s1. The van der Waals surface area contributed by atoms with Gasteiger partial charge in [-0.3, -0.25) is 0 Å². The zero-order chi connectivity index (χ0) is 32.0. The van der Waals surface area contributed by atoms with Crippen LogP contribution in [0.1, 0.15) is 67.9 Å². The van der Waals surface area contributed by atoms with Crippen LogP contribution in [0.4, 0.5) is 22.0 Å². The number of ether oxygens (including phenoxy) is 1. The van der Waals surface area contributed by atoms with Gasteiger partial charge in [0.25, 0.3) is 0 Å². The quantitative estimate of drug-likeness (QED) is 0.203. The molecule has 14 heteroatoms. The second kappa shape index (κ2) is 12.6. The molecule has 1 aromatic heterocycles. The first-order chi connectivity index (χ1) is 20.7. The first kappa shape index (κ1) is 32.8. The van der Waals surface area contributed by atoms with Crippen molar-refractivity contribution >= 4 is 11.8 Å². The molecule has 6 atom stereocenters. The zero-order valence-corrected chi connectivity index (χ0v) is 24.8. The summed E-state index contributed by atoms with van der Waals surface area (Å²) in [7, 11) is 0. The smallest absolute Gasteiger partial charge is 0.248 e. The number of alkyl halides is 2. The van der Waals surface area contributed by atoms with E-state index in [4.69, 9.17) is 4.74 Å². The topological polar surface area (TPSA) is 121 Å². The second-order valence-corrected chi connectivity index (χ2v) is 13.0. The van der Waals surface area contributed by atoms with Gasteiger partial charge >= 0.3 is 0 Å². The Balaban J connectivity index is 1.50. The lowest BCUT2D eigenvalue weighted by atomic mass is 9.77. The molecule has 0 radical (unpaired) electrons. The summed E-state index contributed by atoms with van der Waals surface area (Å²) in [6.45, 7) is 3.25. The first-order valence-electron chi connectivity index (χ1n) is 14.3. The molecule has 0 spiro atoms. The maximum Gasteiger partial charge on any atom is 0.248 e. The van der Waals surface area contributed by atoms with Crippen LogP contribution in [-0.2, 0) is 4.74 Å². The Bertz CT molecular complexity index is 1440. The van der Waals surface area contributed by atoms with Crippen molar-refractivity contribution in [1.29, 1.82) is 0 Å². The van der Waals surface area contributed by atoms with Gasteiger partial charge in [0.15, 0.2) is 17.5 Å². The maximum atomic E-state index is 14.2. The third-order valence-corrected chi connectivity index (χ3v) is 10.1. The highest BCUT2D eigenvalue weighted by Gasteiger charge is 2.52. The molecular weight excluding hydrogens is 609 g/mol. The third-order valence-electron chi connectivity index (χ3n) is 8.45. The Kier molecular flexibility index (Phi) is 9.41. The number of nitrogens with zero attached hydrogens (tertiary/aromatic N) is 3. The van der Waals surface area contributed by atoms with Crippen LogP contribution in [0, 0.1) is 17.5 Å². The van der Waals surface area contributed by atoms with Crippen LogP contribution in [-0.4, -0.2) is 77.3 Å². The Labute approximate surface area is 254 Å². The van der Waals surface area contributed by atoms with Gasteiger partial charge in [-0.1, -0.05) is 43.3 Å². The number of rotatable bonds is 8. The van der Waals surface area contributed by atoms with Crippen molar-refractivity contribution in [3.05, 3.63) is 71.2 Å². The van der Waals surface area contributed by atoms with E-state index in [1.54, 1.807) is 12.1 Å². The molecule has 1 saturated carbocycles. The predicted molar refractivity (Wildman–Crippen MR) is 151 cm³/mol. The van der Waals surface area contributed by atoms with Gasteiger partial charge < -0.3 is 25.2 Å². The van der Waals surface area contributed by atoms with E-state index in [1.807, 2.05) is 26.0 Å². The van der Waals surface area contributed by atoms with Crippen molar-refractivity contribution in [2.45, 2.75) is 92.0 Å². The summed E-state index contributed by atoms with van der Waals surface area (Å²) in [5.41, 5.74) is -1.48. The van der Waals surface area contributed by atoms with E-state index in [2.05, 4.69) is 10.3 Å². The Morgan fingerprint density at radius 3 is 2.20 bits per heavy atom. The molecule has 1 aliphatic carbocycles. The number of aromatic nitrogens is 3. The van der Waals surface area contributed by atoms with Crippen molar-refractivity contribution in [2.75, 3.05) is 6.61 Å². The molecule has 3 aromatic rings. The zero-order valence-electron chi connectivity index (χ0n) is 24.0. The molecule has 2 heterocycles. The largest absolute Gasteiger partial charge is 0.394 e. The summed E-state index contributed by atoms with van der Waals surface area (Å²) in [5, 5.41) is 51.5. The number of aliphatic hydroxyl groups is 4.